The second-order valence-electron chi connectivity index (χ2n) is 6.32. The molecule has 26 heavy (non-hydrogen) atoms. The number of thiazole rings is 1. The molecule has 0 saturated heterocycles. The van der Waals surface area contributed by atoms with Crippen molar-refractivity contribution in [2.24, 2.45) is 0 Å². The average molecular weight is 367 g/mol. The van der Waals surface area contributed by atoms with Crippen molar-refractivity contribution < 1.29 is 9.84 Å². The van der Waals surface area contributed by atoms with E-state index in [9.17, 15) is 5.11 Å². The molecule has 0 fully saturated rings. The quantitative estimate of drug-likeness (QED) is 0.486. The number of hydrogen-bond acceptors (Lipinski definition) is 5. The number of phenolic OH excluding ortho intramolecular Hbond substituents is 1. The van der Waals surface area contributed by atoms with Gasteiger partial charge in [-0.2, -0.15) is 0 Å². The first-order valence-electron chi connectivity index (χ1n) is 8.61. The summed E-state index contributed by atoms with van der Waals surface area (Å²) in [5.74, 6) is 1.24. The maximum Gasteiger partial charge on any atom is 0.197 e. The van der Waals surface area contributed by atoms with E-state index in [1.165, 1.54) is 10.3 Å². The minimum absolute atomic E-state index is 0.255. The molecule has 0 spiro atoms. The molecule has 0 amide bonds. The Labute approximate surface area is 155 Å². The number of ether oxygens (including phenoxy) is 1. The first kappa shape index (κ1) is 16.9. The lowest BCUT2D eigenvalue weighted by atomic mass is 10.1. The van der Waals surface area contributed by atoms with Crippen LogP contribution < -0.4 is 5.32 Å². The van der Waals surface area contributed by atoms with Crippen molar-refractivity contribution in [3.63, 3.8) is 0 Å². The van der Waals surface area contributed by atoms with Crippen molar-refractivity contribution in [1.82, 2.24) is 9.38 Å². The first-order chi connectivity index (χ1) is 12.7. The number of phenols is 1. The Morgan fingerprint density at radius 1 is 1.19 bits per heavy atom. The Morgan fingerprint density at radius 2 is 2.00 bits per heavy atom. The summed E-state index contributed by atoms with van der Waals surface area (Å²) in [4.78, 5) is 5.85. The highest BCUT2D eigenvalue weighted by Gasteiger charge is 2.18. The molecular formula is C20H21N3O2S. The third-order valence-electron chi connectivity index (χ3n) is 4.36. The number of methoxy groups -OCH3 is 1. The van der Waals surface area contributed by atoms with Crippen LogP contribution in [0.25, 0.3) is 26.4 Å². The summed E-state index contributed by atoms with van der Waals surface area (Å²) in [6.07, 6.45) is 0.917. The number of benzene rings is 2. The molecule has 4 rings (SSSR count). The van der Waals surface area contributed by atoms with Gasteiger partial charge >= 0.3 is 0 Å². The second kappa shape index (κ2) is 6.97. The fourth-order valence-electron chi connectivity index (χ4n) is 3.08. The summed E-state index contributed by atoms with van der Waals surface area (Å²) < 4.78 is 8.57. The van der Waals surface area contributed by atoms with Gasteiger partial charge in [0, 0.05) is 25.8 Å². The van der Waals surface area contributed by atoms with E-state index in [1.54, 1.807) is 30.6 Å². The van der Waals surface area contributed by atoms with E-state index in [0.29, 0.717) is 6.61 Å². The van der Waals surface area contributed by atoms with Crippen LogP contribution in [0.15, 0.2) is 42.5 Å². The summed E-state index contributed by atoms with van der Waals surface area (Å²) in [7, 11) is 1.72. The van der Waals surface area contributed by atoms with Crippen molar-refractivity contribution in [3.05, 3.63) is 48.0 Å². The standard InChI is InChI=1S/C20H21N3O2S/c1-13-4-9-16-17(12-13)26-20-22-18(14-5-7-15(24)8-6-14)19(23(16)20)21-10-3-11-25-2/h4-9,12,21,24H,3,10-11H2,1-2H3. The van der Waals surface area contributed by atoms with E-state index in [4.69, 9.17) is 9.72 Å². The molecule has 0 saturated carbocycles. The third-order valence-corrected chi connectivity index (χ3v) is 5.37. The predicted molar refractivity (Wildman–Crippen MR) is 107 cm³/mol. The molecule has 0 aliphatic carbocycles. The van der Waals surface area contributed by atoms with Crippen molar-refractivity contribution >= 4 is 32.3 Å². The van der Waals surface area contributed by atoms with Gasteiger partial charge < -0.3 is 15.2 Å². The van der Waals surface area contributed by atoms with E-state index in [0.717, 1.165) is 40.5 Å². The number of fused-ring (bicyclic) bond motifs is 3. The summed E-state index contributed by atoms with van der Waals surface area (Å²) in [6.45, 7) is 3.62. The van der Waals surface area contributed by atoms with Gasteiger partial charge in [-0.15, -0.1) is 0 Å². The number of nitrogens with zero attached hydrogens (tertiary/aromatic N) is 2. The SMILES string of the molecule is COCCCNc1c(-c2ccc(O)cc2)nc2sc3cc(C)ccc3n12. The van der Waals surface area contributed by atoms with Crippen molar-refractivity contribution in [2.75, 3.05) is 25.6 Å². The lowest BCUT2D eigenvalue weighted by Crippen LogP contribution is -2.07. The van der Waals surface area contributed by atoms with E-state index in [-0.39, 0.29) is 5.75 Å². The number of aryl methyl sites for hydroxylation is 1. The van der Waals surface area contributed by atoms with E-state index in [2.05, 4.69) is 34.8 Å². The number of hydrogen-bond donors (Lipinski definition) is 2. The molecule has 4 aromatic rings. The molecule has 0 radical (unpaired) electrons. The number of anilines is 1. The number of aromatic nitrogens is 2. The van der Waals surface area contributed by atoms with Crippen LogP contribution in [0.1, 0.15) is 12.0 Å². The fourth-order valence-corrected chi connectivity index (χ4v) is 4.21. The molecular weight excluding hydrogens is 346 g/mol. The number of rotatable bonds is 6. The van der Waals surface area contributed by atoms with Gasteiger partial charge in [0.05, 0.1) is 10.2 Å². The van der Waals surface area contributed by atoms with Crippen LogP contribution in [0.3, 0.4) is 0 Å². The fraction of sp³-hybridized carbons (Fsp3) is 0.250. The monoisotopic (exact) mass is 367 g/mol. The molecule has 0 aliphatic rings. The second-order valence-corrected chi connectivity index (χ2v) is 7.33. The Morgan fingerprint density at radius 3 is 2.77 bits per heavy atom. The molecule has 2 aromatic heterocycles. The molecule has 6 heteroatoms. The lowest BCUT2D eigenvalue weighted by Gasteiger charge is -2.09. The van der Waals surface area contributed by atoms with Crippen LogP contribution in [0.4, 0.5) is 5.82 Å². The minimum atomic E-state index is 0.255. The van der Waals surface area contributed by atoms with Gasteiger partial charge in [0.2, 0.25) is 0 Å². The summed E-state index contributed by atoms with van der Waals surface area (Å²) in [5.41, 5.74) is 4.28. The third kappa shape index (κ3) is 3.02. The van der Waals surface area contributed by atoms with Gasteiger partial charge in [0.1, 0.15) is 17.3 Å². The first-order valence-corrected chi connectivity index (χ1v) is 9.43. The summed E-state index contributed by atoms with van der Waals surface area (Å²) in [6, 6.07) is 13.7. The smallest absolute Gasteiger partial charge is 0.197 e. The van der Waals surface area contributed by atoms with Crippen LogP contribution >= 0.6 is 11.3 Å². The maximum absolute atomic E-state index is 9.59. The van der Waals surface area contributed by atoms with Gasteiger partial charge in [-0.05, 0) is 55.3 Å². The molecule has 2 N–H and O–H groups in total. The molecule has 2 heterocycles. The molecule has 0 aliphatic heterocycles. The minimum Gasteiger partial charge on any atom is -0.508 e. The Balaban J connectivity index is 1.85. The maximum atomic E-state index is 9.59. The molecule has 0 atom stereocenters. The lowest BCUT2D eigenvalue weighted by molar-refractivity contribution is 0.198. The predicted octanol–water partition coefficient (Wildman–Crippen LogP) is 4.68. The number of nitrogens with one attached hydrogen (secondary N) is 1. The van der Waals surface area contributed by atoms with Gasteiger partial charge in [-0.1, -0.05) is 17.4 Å². The Kier molecular flexibility index (Phi) is 4.53. The normalized spacial score (nSPS) is 11.5. The van der Waals surface area contributed by atoms with Crippen molar-refractivity contribution in [3.8, 4) is 17.0 Å². The molecule has 0 bridgehead atoms. The molecule has 5 nitrogen and oxygen atoms in total. The van der Waals surface area contributed by atoms with Crippen LogP contribution in [-0.2, 0) is 4.74 Å². The number of imidazole rings is 1. The zero-order valence-electron chi connectivity index (χ0n) is 14.8. The van der Waals surface area contributed by atoms with Crippen molar-refractivity contribution in [1.29, 1.82) is 0 Å². The average Bonchev–Trinajstić information content (AvgIpc) is 3.15. The van der Waals surface area contributed by atoms with Crippen LogP contribution in [0.2, 0.25) is 0 Å². The molecule has 0 unspecified atom stereocenters. The zero-order chi connectivity index (χ0) is 18.1. The summed E-state index contributed by atoms with van der Waals surface area (Å²) in [5, 5.41) is 13.1. The van der Waals surface area contributed by atoms with E-state index >= 15 is 0 Å². The Bertz CT molecular complexity index is 1050. The van der Waals surface area contributed by atoms with Gasteiger partial charge in [0.15, 0.2) is 4.96 Å². The highest BCUT2D eigenvalue weighted by atomic mass is 32.1. The highest BCUT2D eigenvalue weighted by molar-refractivity contribution is 7.23. The van der Waals surface area contributed by atoms with Gasteiger partial charge in [-0.3, -0.25) is 4.40 Å². The van der Waals surface area contributed by atoms with Crippen molar-refractivity contribution in [2.45, 2.75) is 13.3 Å². The Hall–Kier alpha value is -2.57. The topological polar surface area (TPSA) is 58.8 Å². The number of aromatic hydroxyl groups is 1. The van der Waals surface area contributed by atoms with E-state index < -0.39 is 0 Å². The van der Waals surface area contributed by atoms with E-state index in [1.807, 2.05) is 12.1 Å². The van der Waals surface area contributed by atoms with Crippen LogP contribution in [0, 0.1) is 6.92 Å². The van der Waals surface area contributed by atoms with Crippen LogP contribution in [0.5, 0.6) is 5.75 Å². The zero-order valence-corrected chi connectivity index (χ0v) is 15.6. The molecule has 134 valence electrons. The summed E-state index contributed by atoms with van der Waals surface area (Å²) >= 11 is 1.69. The van der Waals surface area contributed by atoms with Gasteiger partial charge in [0.25, 0.3) is 0 Å². The largest absolute Gasteiger partial charge is 0.508 e. The van der Waals surface area contributed by atoms with Gasteiger partial charge in [-0.25, -0.2) is 4.98 Å². The van der Waals surface area contributed by atoms with Crippen LogP contribution in [-0.4, -0.2) is 34.8 Å². The molecule has 2 aromatic carbocycles. The highest BCUT2D eigenvalue weighted by Crippen LogP contribution is 2.36.